The highest BCUT2D eigenvalue weighted by Gasteiger charge is 2.03. The molecule has 0 aliphatic heterocycles. The standard InChI is InChI=1S/C18H18Cl2N2O2/c1-13-11-15(19)8-9-17(13)24-10-4-7-18(23)22-21-12-14-5-2-3-6-16(14)20/h2-3,5-6,8-9,11-12H,4,7,10H2,1H3,(H,22,23). The fourth-order valence-electron chi connectivity index (χ4n) is 2.00. The minimum atomic E-state index is -0.172. The molecule has 1 N–H and O–H groups in total. The van der Waals surface area contributed by atoms with Crippen LogP contribution in [0.25, 0.3) is 0 Å². The van der Waals surface area contributed by atoms with Crippen LogP contribution in [0.5, 0.6) is 5.75 Å². The minimum absolute atomic E-state index is 0.172. The van der Waals surface area contributed by atoms with Crippen molar-refractivity contribution in [3.05, 3.63) is 63.6 Å². The lowest BCUT2D eigenvalue weighted by atomic mass is 10.2. The van der Waals surface area contributed by atoms with E-state index in [0.29, 0.717) is 29.5 Å². The Morgan fingerprint density at radius 3 is 2.79 bits per heavy atom. The van der Waals surface area contributed by atoms with Crippen molar-refractivity contribution in [2.24, 2.45) is 5.10 Å². The van der Waals surface area contributed by atoms with Crippen molar-refractivity contribution >= 4 is 35.3 Å². The molecule has 0 saturated heterocycles. The van der Waals surface area contributed by atoms with Gasteiger partial charge in [-0.2, -0.15) is 5.10 Å². The van der Waals surface area contributed by atoms with Gasteiger partial charge in [-0.15, -0.1) is 0 Å². The molecule has 0 saturated carbocycles. The number of aryl methyl sites for hydroxylation is 1. The van der Waals surface area contributed by atoms with Crippen LogP contribution in [-0.4, -0.2) is 18.7 Å². The third kappa shape index (κ3) is 5.87. The van der Waals surface area contributed by atoms with Gasteiger partial charge in [-0.05, 0) is 43.2 Å². The summed E-state index contributed by atoms with van der Waals surface area (Å²) in [6.45, 7) is 2.38. The number of benzene rings is 2. The number of hydrazone groups is 1. The molecule has 0 heterocycles. The number of rotatable bonds is 7. The monoisotopic (exact) mass is 364 g/mol. The number of halogens is 2. The van der Waals surface area contributed by atoms with Gasteiger partial charge in [-0.25, -0.2) is 5.43 Å². The zero-order chi connectivity index (χ0) is 17.4. The summed E-state index contributed by atoms with van der Waals surface area (Å²) in [6.07, 6.45) is 2.44. The van der Waals surface area contributed by atoms with E-state index in [0.717, 1.165) is 16.9 Å². The van der Waals surface area contributed by atoms with Crippen LogP contribution >= 0.6 is 23.2 Å². The fourth-order valence-corrected chi connectivity index (χ4v) is 2.41. The molecule has 0 unspecified atom stereocenters. The molecule has 6 heteroatoms. The first-order valence-electron chi connectivity index (χ1n) is 7.51. The van der Waals surface area contributed by atoms with Gasteiger partial charge in [-0.3, -0.25) is 4.79 Å². The van der Waals surface area contributed by atoms with Crippen molar-refractivity contribution in [1.82, 2.24) is 5.43 Å². The molecule has 0 aliphatic carbocycles. The smallest absolute Gasteiger partial charge is 0.240 e. The Morgan fingerprint density at radius 2 is 2.04 bits per heavy atom. The first kappa shape index (κ1) is 18.3. The maximum Gasteiger partial charge on any atom is 0.240 e. The molecule has 0 spiro atoms. The minimum Gasteiger partial charge on any atom is -0.493 e. The summed E-state index contributed by atoms with van der Waals surface area (Å²) < 4.78 is 5.64. The van der Waals surface area contributed by atoms with Crippen LogP contribution in [0.15, 0.2) is 47.6 Å². The summed E-state index contributed by atoms with van der Waals surface area (Å²) >= 11 is 11.9. The summed E-state index contributed by atoms with van der Waals surface area (Å²) in [4.78, 5) is 11.7. The van der Waals surface area contributed by atoms with Gasteiger partial charge in [-0.1, -0.05) is 41.4 Å². The van der Waals surface area contributed by atoms with Crippen molar-refractivity contribution in [1.29, 1.82) is 0 Å². The molecule has 126 valence electrons. The van der Waals surface area contributed by atoms with Crippen molar-refractivity contribution in [3.63, 3.8) is 0 Å². The number of hydrogen-bond acceptors (Lipinski definition) is 3. The number of carbonyl (C=O) groups excluding carboxylic acids is 1. The Balaban J connectivity index is 1.69. The number of nitrogens with zero attached hydrogens (tertiary/aromatic N) is 1. The largest absolute Gasteiger partial charge is 0.493 e. The van der Waals surface area contributed by atoms with Gasteiger partial charge >= 0.3 is 0 Å². The van der Waals surface area contributed by atoms with E-state index in [4.69, 9.17) is 27.9 Å². The molecular formula is C18H18Cl2N2O2. The normalized spacial score (nSPS) is 10.8. The van der Waals surface area contributed by atoms with E-state index in [9.17, 15) is 4.79 Å². The molecule has 0 bridgehead atoms. The topological polar surface area (TPSA) is 50.7 Å². The number of ether oxygens (including phenoxy) is 1. The molecule has 24 heavy (non-hydrogen) atoms. The second kappa shape index (κ2) is 9.30. The van der Waals surface area contributed by atoms with Crippen molar-refractivity contribution in [3.8, 4) is 5.75 Å². The van der Waals surface area contributed by atoms with Gasteiger partial charge in [0.15, 0.2) is 0 Å². The van der Waals surface area contributed by atoms with Crippen LogP contribution in [0.3, 0.4) is 0 Å². The number of carbonyl (C=O) groups is 1. The lowest BCUT2D eigenvalue weighted by molar-refractivity contribution is -0.121. The van der Waals surface area contributed by atoms with E-state index in [-0.39, 0.29) is 5.91 Å². The van der Waals surface area contributed by atoms with Gasteiger partial charge in [0.25, 0.3) is 0 Å². The predicted octanol–water partition coefficient (Wildman–Crippen LogP) is 4.61. The molecule has 0 radical (unpaired) electrons. The summed E-state index contributed by atoms with van der Waals surface area (Å²) in [5.41, 5.74) is 4.19. The first-order valence-corrected chi connectivity index (χ1v) is 8.27. The van der Waals surface area contributed by atoms with Crippen LogP contribution in [0, 0.1) is 6.92 Å². The summed E-state index contributed by atoms with van der Waals surface area (Å²) in [6, 6.07) is 12.7. The molecule has 0 atom stereocenters. The van der Waals surface area contributed by atoms with Gasteiger partial charge in [0.05, 0.1) is 12.8 Å². The van der Waals surface area contributed by atoms with E-state index in [1.165, 1.54) is 6.21 Å². The predicted molar refractivity (Wildman–Crippen MR) is 98.1 cm³/mol. The lowest BCUT2D eigenvalue weighted by Crippen LogP contribution is -2.18. The number of nitrogens with one attached hydrogen (secondary N) is 1. The second-order valence-electron chi connectivity index (χ2n) is 5.18. The second-order valence-corrected chi connectivity index (χ2v) is 6.02. The molecule has 1 amide bonds. The summed E-state index contributed by atoms with van der Waals surface area (Å²) in [5, 5.41) is 5.16. The maximum atomic E-state index is 11.7. The molecule has 0 aliphatic rings. The number of hydrogen-bond donors (Lipinski definition) is 1. The molecule has 4 nitrogen and oxygen atoms in total. The molecule has 2 rings (SSSR count). The van der Waals surface area contributed by atoms with Gasteiger partial charge < -0.3 is 4.74 Å². The zero-order valence-corrected chi connectivity index (χ0v) is 14.8. The number of amides is 1. The Kier molecular flexibility index (Phi) is 7.09. The third-order valence-corrected chi connectivity index (χ3v) is 3.82. The van der Waals surface area contributed by atoms with Crippen molar-refractivity contribution < 1.29 is 9.53 Å². The quantitative estimate of drug-likeness (QED) is 0.443. The SMILES string of the molecule is Cc1cc(Cl)ccc1OCCCC(=O)NN=Cc1ccccc1Cl. The Morgan fingerprint density at radius 1 is 1.25 bits per heavy atom. The van der Waals surface area contributed by atoms with Crippen LogP contribution in [0.1, 0.15) is 24.0 Å². The highest BCUT2D eigenvalue weighted by molar-refractivity contribution is 6.33. The average molecular weight is 365 g/mol. The van der Waals surface area contributed by atoms with E-state index >= 15 is 0 Å². The fraction of sp³-hybridized carbons (Fsp3) is 0.222. The summed E-state index contributed by atoms with van der Waals surface area (Å²) in [7, 11) is 0. The Labute approximate surface area is 151 Å². The van der Waals surface area contributed by atoms with E-state index < -0.39 is 0 Å². The van der Waals surface area contributed by atoms with Gasteiger partial charge in [0.2, 0.25) is 5.91 Å². The van der Waals surface area contributed by atoms with E-state index in [1.54, 1.807) is 12.1 Å². The average Bonchev–Trinajstić information content (AvgIpc) is 2.55. The third-order valence-electron chi connectivity index (χ3n) is 3.24. The van der Waals surface area contributed by atoms with E-state index in [2.05, 4.69) is 10.5 Å². The Hall–Kier alpha value is -2.04. The lowest BCUT2D eigenvalue weighted by Gasteiger charge is -2.08. The Bertz CT molecular complexity index is 733. The van der Waals surface area contributed by atoms with E-state index in [1.807, 2.05) is 37.3 Å². The molecule has 0 fully saturated rings. The van der Waals surface area contributed by atoms with Crippen molar-refractivity contribution in [2.45, 2.75) is 19.8 Å². The van der Waals surface area contributed by atoms with Crippen molar-refractivity contribution in [2.75, 3.05) is 6.61 Å². The molecular weight excluding hydrogens is 347 g/mol. The zero-order valence-electron chi connectivity index (χ0n) is 13.3. The summed E-state index contributed by atoms with van der Waals surface area (Å²) in [5.74, 6) is 0.603. The maximum absolute atomic E-state index is 11.7. The highest BCUT2D eigenvalue weighted by atomic mass is 35.5. The first-order chi connectivity index (χ1) is 11.6. The highest BCUT2D eigenvalue weighted by Crippen LogP contribution is 2.21. The van der Waals surface area contributed by atoms with Crippen LogP contribution in [-0.2, 0) is 4.79 Å². The van der Waals surface area contributed by atoms with Gasteiger partial charge in [0.1, 0.15) is 5.75 Å². The molecule has 0 aromatic heterocycles. The molecule has 2 aromatic carbocycles. The molecule has 2 aromatic rings. The van der Waals surface area contributed by atoms with Crippen LogP contribution in [0.4, 0.5) is 0 Å². The van der Waals surface area contributed by atoms with Crippen LogP contribution < -0.4 is 10.2 Å². The van der Waals surface area contributed by atoms with Crippen LogP contribution in [0.2, 0.25) is 10.0 Å². The van der Waals surface area contributed by atoms with Gasteiger partial charge in [0, 0.05) is 22.0 Å².